The van der Waals surface area contributed by atoms with Crippen molar-refractivity contribution in [2.24, 2.45) is 0 Å². The Labute approximate surface area is 175 Å². The van der Waals surface area contributed by atoms with Gasteiger partial charge in [0.15, 0.2) is 0 Å². The van der Waals surface area contributed by atoms with Gasteiger partial charge < -0.3 is 10.2 Å². The van der Waals surface area contributed by atoms with Crippen molar-refractivity contribution >= 4 is 15.9 Å². The van der Waals surface area contributed by atoms with E-state index in [4.69, 9.17) is 0 Å². The van der Waals surface area contributed by atoms with Gasteiger partial charge in [0.05, 0.1) is 5.75 Å². The molecule has 2 aliphatic rings. The Morgan fingerprint density at radius 1 is 1.07 bits per heavy atom. The third-order valence-electron chi connectivity index (χ3n) is 6.15. The van der Waals surface area contributed by atoms with Crippen LogP contribution in [0.25, 0.3) is 0 Å². The summed E-state index contributed by atoms with van der Waals surface area (Å²) in [4.78, 5) is 14.9. The van der Waals surface area contributed by atoms with Crippen molar-refractivity contribution < 1.29 is 13.2 Å². The highest BCUT2D eigenvalue weighted by molar-refractivity contribution is 7.88. The molecule has 2 heterocycles. The number of rotatable bonds is 9. The Balaban J connectivity index is 1.43. The summed E-state index contributed by atoms with van der Waals surface area (Å²) < 4.78 is 26.4. The molecule has 0 aromatic heterocycles. The van der Waals surface area contributed by atoms with Gasteiger partial charge in [0.1, 0.15) is 0 Å². The average molecular weight is 422 g/mol. The fourth-order valence-corrected chi connectivity index (χ4v) is 6.03. The predicted molar refractivity (Wildman–Crippen MR) is 116 cm³/mol. The first-order chi connectivity index (χ1) is 14.0. The summed E-state index contributed by atoms with van der Waals surface area (Å²) in [6.07, 6.45) is 7.94. The Hall–Kier alpha value is -1.44. The molecule has 162 valence electrons. The number of benzene rings is 1. The molecule has 1 aromatic carbocycles. The van der Waals surface area contributed by atoms with Crippen LogP contribution < -0.4 is 5.32 Å². The van der Waals surface area contributed by atoms with Crippen LogP contribution in [0.4, 0.5) is 0 Å². The lowest BCUT2D eigenvalue weighted by molar-refractivity contribution is 0.0947. The lowest BCUT2D eigenvalue weighted by atomic mass is 10.00. The largest absolute Gasteiger partial charge is 0.352 e. The second-order valence-corrected chi connectivity index (χ2v) is 10.2. The first kappa shape index (κ1) is 22.2. The Morgan fingerprint density at radius 3 is 2.45 bits per heavy atom. The molecular weight excluding hydrogens is 386 g/mol. The molecule has 1 N–H and O–H groups in total. The normalized spacial score (nSPS) is 21.3. The fraction of sp³-hybridized carbons (Fsp3) is 0.682. The first-order valence-electron chi connectivity index (χ1n) is 11.1. The van der Waals surface area contributed by atoms with Crippen molar-refractivity contribution in [1.29, 1.82) is 0 Å². The third kappa shape index (κ3) is 6.27. The number of sulfonamides is 1. The number of likely N-dealkylation sites (tertiary alicyclic amines) is 1. The van der Waals surface area contributed by atoms with E-state index in [1.165, 1.54) is 32.2 Å². The Kier molecular flexibility index (Phi) is 8.09. The highest BCUT2D eigenvalue weighted by Crippen LogP contribution is 2.19. The highest BCUT2D eigenvalue weighted by Gasteiger charge is 2.25. The summed E-state index contributed by atoms with van der Waals surface area (Å²) in [6.45, 7) is 6.38. The van der Waals surface area contributed by atoms with Crippen LogP contribution in [-0.4, -0.2) is 62.3 Å². The minimum Gasteiger partial charge on any atom is -0.352 e. The van der Waals surface area contributed by atoms with Crippen LogP contribution >= 0.6 is 0 Å². The fourth-order valence-electron chi connectivity index (χ4n) is 4.42. The van der Waals surface area contributed by atoms with Gasteiger partial charge in [0.25, 0.3) is 5.91 Å². The highest BCUT2D eigenvalue weighted by atomic mass is 32.2. The zero-order chi connectivity index (χ0) is 20.7. The smallest absolute Gasteiger partial charge is 0.251 e. The number of nitrogens with zero attached hydrogens (tertiary/aromatic N) is 2. The molecule has 0 bridgehead atoms. The molecule has 3 rings (SSSR count). The second-order valence-electron chi connectivity index (χ2n) is 8.26. The SMILES string of the molecule is CC[C@H]1CCCCN1CCCNC(=O)c1ccc(CS(=O)(=O)N2CCCC2)cc1. The molecule has 7 heteroatoms. The summed E-state index contributed by atoms with van der Waals surface area (Å²) in [5, 5.41) is 2.99. The van der Waals surface area contributed by atoms with Gasteiger partial charge >= 0.3 is 0 Å². The topological polar surface area (TPSA) is 69.7 Å². The third-order valence-corrected chi connectivity index (χ3v) is 8.00. The van der Waals surface area contributed by atoms with Crippen molar-refractivity contribution in [3.63, 3.8) is 0 Å². The van der Waals surface area contributed by atoms with Gasteiger partial charge in [-0.15, -0.1) is 0 Å². The molecule has 0 unspecified atom stereocenters. The van der Waals surface area contributed by atoms with E-state index in [2.05, 4.69) is 17.1 Å². The van der Waals surface area contributed by atoms with Crippen LogP contribution in [0.5, 0.6) is 0 Å². The lowest BCUT2D eigenvalue weighted by Gasteiger charge is -2.35. The molecule has 1 aromatic rings. The maximum absolute atomic E-state index is 12.4. The molecule has 29 heavy (non-hydrogen) atoms. The number of piperidine rings is 1. The first-order valence-corrected chi connectivity index (χ1v) is 12.7. The van der Waals surface area contributed by atoms with Crippen molar-refractivity contribution in [2.75, 3.05) is 32.7 Å². The van der Waals surface area contributed by atoms with E-state index in [1.54, 1.807) is 28.6 Å². The number of amides is 1. The minimum absolute atomic E-state index is 0.00330. The number of hydrogen-bond acceptors (Lipinski definition) is 4. The standard InChI is InChI=1S/C22H35N3O3S/c1-2-21-8-3-4-14-24(21)15-7-13-23-22(26)20-11-9-19(10-12-20)18-29(27,28)25-16-5-6-17-25/h9-12,21H,2-8,13-18H2,1H3,(H,23,26)/t21-/m0/s1. The van der Waals surface area contributed by atoms with E-state index < -0.39 is 10.0 Å². The van der Waals surface area contributed by atoms with Crippen LogP contribution in [0.15, 0.2) is 24.3 Å². The maximum Gasteiger partial charge on any atom is 0.251 e. The molecule has 6 nitrogen and oxygen atoms in total. The molecule has 0 radical (unpaired) electrons. The van der Waals surface area contributed by atoms with Gasteiger partial charge in [-0.05, 0) is 62.8 Å². The quantitative estimate of drug-likeness (QED) is 0.623. The molecule has 2 aliphatic heterocycles. The Morgan fingerprint density at radius 2 is 1.76 bits per heavy atom. The van der Waals surface area contributed by atoms with E-state index in [0.29, 0.717) is 31.2 Å². The molecule has 2 fully saturated rings. The number of nitrogens with one attached hydrogen (secondary N) is 1. The summed E-state index contributed by atoms with van der Waals surface area (Å²) >= 11 is 0. The van der Waals surface area contributed by atoms with Gasteiger partial charge in [0.2, 0.25) is 10.0 Å². The summed E-state index contributed by atoms with van der Waals surface area (Å²) in [7, 11) is -3.25. The van der Waals surface area contributed by atoms with Crippen molar-refractivity contribution in [1.82, 2.24) is 14.5 Å². The van der Waals surface area contributed by atoms with Gasteiger partial charge in [0, 0.05) is 37.8 Å². The van der Waals surface area contributed by atoms with Crippen molar-refractivity contribution in [2.45, 2.75) is 63.7 Å². The van der Waals surface area contributed by atoms with E-state index in [9.17, 15) is 13.2 Å². The van der Waals surface area contributed by atoms with Crippen LogP contribution in [0.1, 0.15) is 67.8 Å². The van der Waals surface area contributed by atoms with Crippen LogP contribution in [0, 0.1) is 0 Å². The monoisotopic (exact) mass is 421 g/mol. The zero-order valence-electron chi connectivity index (χ0n) is 17.6. The molecule has 0 aliphatic carbocycles. The zero-order valence-corrected chi connectivity index (χ0v) is 18.4. The van der Waals surface area contributed by atoms with E-state index in [-0.39, 0.29) is 11.7 Å². The molecule has 1 amide bonds. The van der Waals surface area contributed by atoms with E-state index >= 15 is 0 Å². The maximum atomic E-state index is 12.4. The molecule has 0 saturated carbocycles. The summed E-state index contributed by atoms with van der Waals surface area (Å²) in [5.74, 6) is -0.0896. The van der Waals surface area contributed by atoms with Gasteiger partial charge in [-0.25, -0.2) is 12.7 Å². The number of hydrogen-bond donors (Lipinski definition) is 1. The van der Waals surface area contributed by atoms with Crippen LogP contribution in [0.3, 0.4) is 0 Å². The van der Waals surface area contributed by atoms with Gasteiger partial charge in [-0.2, -0.15) is 0 Å². The molecular formula is C22H35N3O3S. The summed E-state index contributed by atoms with van der Waals surface area (Å²) in [5.41, 5.74) is 1.31. The molecule has 2 saturated heterocycles. The van der Waals surface area contributed by atoms with E-state index in [1.807, 2.05) is 0 Å². The predicted octanol–water partition coefficient (Wildman–Crippen LogP) is 3.00. The van der Waals surface area contributed by atoms with Crippen LogP contribution in [0.2, 0.25) is 0 Å². The van der Waals surface area contributed by atoms with Gasteiger partial charge in [-0.3, -0.25) is 4.79 Å². The van der Waals surface area contributed by atoms with E-state index in [0.717, 1.165) is 31.4 Å². The second kappa shape index (κ2) is 10.5. The molecule has 0 spiro atoms. The Bertz CT molecular complexity index is 758. The summed E-state index contributed by atoms with van der Waals surface area (Å²) in [6, 6.07) is 7.65. The number of carbonyl (C=O) groups excluding carboxylic acids is 1. The molecule has 1 atom stereocenters. The lowest BCUT2D eigenvalue weighted by Crippen LogP contribution is -2.40. The van der Waals surface area contributed by atoms with Crippen LogP contribution in [-0.2, 0) is 15.8 Å². The minimum atomic E-state index is -3.25. The van der Waals surface area contributed by atoms with Gasteiger partial charge in [-0.1, -0.05) is 25.5 Å². The number of carbonyl (C=O) groups is 1. The van der Waals surface area contributed by atoms with Crippen molar-refractivity contribution in [3.05, 3.63) is 35.4 Å². The van der Waals surface area contributed by atoms with Crippen molar-refractivity contribution in [3.8, 4) is 0 Å². The average Bonchev–Trinajstić information content (AvgIpc) is 3.27.